The number of benzene rings is 1. The Balaban J connectivity index is 1.52. The number of ether oxygens (including phenoxy) is 2. The summed E-state index contributed by atoms with van der Waals surface area (Å²) in [5.74, 6) is 2.84. The zero-order valence-corrected chi connectivity index (χ0v) is 13.2. The highest BCUT2D eigenvalue weighted by molar-refractivity contribution is 5.74. The van der Waals surface area contributed by atoms with E-state index in [1.165, 1.54) is 6.42 Å². The van der Waals surface area contributed by atoms with Gasteiger partial charge in [0.25, 0.3) is 0 Å². The summed E-state index contributed by atoms with van der Waals surface area (Å²) in [6.45, 7) is 5.20. The van der Waals surface area contributed by atoms with E-state index in [0.29, 0.717) is 18.4 Å². The molecule has 22 heavy (non-hydrogen) atoms. The highest BCUT2D eigenvalue weighted by Crippen LogP contribution is 2.35. The molecule has 0 saturated heterocycles. The average Bonchev–Trinajstić information content (AvgIpc) is 2.92. The first-order valence-electron chi connectivity index (χ1n) is 8.03. The maximum atomic E-state index is 12.1. The van der Waals surface area contributed by atoms with E-state index >= 15 is 0 Å². The SMILES string of the molecule is CC1CC(C)CC(NC(=O)NCc2cccc3c2OCO3)C1. The van der Waals surface area contributed by atoms with E-state index in [4.69, 9.17) is 9.47 Å². The molecular formula is C17H24N2O3. The number of rotatable bonds is 3. The molecule has 2 atom stereocenters. The number of fused-ring (bicyclic) bond motifs is 1. The van der Waals surface area contributed by atoms with Crippen LogP contribution in [-0.2, 0) is 6.54 Å². The van der Waals surface area contributed by atoms with Crippen LogP contribution in [0, 0.1) is 11.8 Å². The van der Waals surface area contributed by atoms with Gasteiger partial charge in [0.05, 0.1) is 0 Å². The molecule has 2 amide bonds. The van der Waals surface area contributed by atoms with E-state index in [9.17, 15) is 4.79 Å². The summed E-state index contributed by atoms with van der Waals surface area (Å²) in [6, 6.07) is 5.89. The van der Waals surface area contributed by atoms with Gasteiger partial charge in [-0.25, -0.2) is 4.79 Å². The first-order valence-corrected chi connectivity index (χ1v) is 8.03. The fraction of sp³-hybridized carbons (Fsp3) is 0.588. The number of para-hydroxylation sites is 1. The summed E-state index contributed by atoms with van der Waals surface area (Å²) in [6.07, 6.45) is 3.39. The van der Waals surface area contributed by atoms with Gasteiger partial charge in [0, 0.05) is 18.2 Å². The van der Waals surface area contributed by atoms with Gasteiger partial charge in [0.15, 0.2) is 11.5 Å². The number of carbonyl (C=O) groups excluding carboxylic acids is 1. The van der Waals surface area contributed by atoms with Crippen molar-refractivity contribution < 1.29 is 14.3 Å². The zero-order valence-electron chi connectivity index (χ0n) is 13.2. The molecule has 1 heterocycles. The molecule has 1 aliphatic heterocycles. The Morgan fingerprint density at radius 2 is 1.95 bits per heavy atom. The fourth-order valence-electron chi connectivity index (χ4n) is 3.61. The van der Waals surface area contributed by atoms with Crippen LogP contribution in [0.5, 0.6) is 11.5 Å². The second-order valence-electron chi connectivity index (χ2n) is 6.59. The predicted octanol–water partition coefficient (Wildman–Crippen LogP) is 3.04. The molecule has 0 radical (unpaired) electrons. The normalized spacial score (nSPS) is 26.5. The van der Waals surface area contributed by atoms with E-state index in [2.05, 4.69) is 24.5 Å². The van der Waals surface area contributed by atoms with Crippen molar-refractivity contribution in [1.29, 1.82) is 0 Å². The van der Waals surface area contributed by atoms with Crippen LogP contribution in [0.3, 0.4) is 0 Å². The van der Waals surface area contributed by atoms with Gasteiger partial charge in [-0.15, -0.1) is 0 Å². The number of urea groups is 1. The first-order chi connectivity index (χ1) is 10.6. The summed E-state index contributed by atoms with van der Waals surface area (Å²) >= 11 is 0. The summed E-state index contributed by atoms with van der Waals surface area (Å²) in [5, 5.41) is 6.02. The maximum absolute atomic E-state index is 12.1. The van der Waals surface area contributed by atoms with Crippen LogP contribution < -0.4 is 20.1 Å². The van der Waals surface area contributed by atoms with Gasteiger partial charge in [0.1, 0.15) is 0 Å². The molecule has 3 rings (SSSR count). The van der Waals surface area contributed by atoms with E-state index in [-0.39, 0.29) is 18.9 Å². The average molecular weight is 304 g/mol. The molecule has 1 saturated carbocycles. The van der Waals surface area contributed by atoms with Crippen LogP contribution in [0.25, 0.3) is 0 Å². The van der Waals surface area contributed by atoms with Gasteiger partial charge in [-0.1, -0.05) is 26.0 Å². The Morgan fingerprint density at radius 3 is 2.73 bits per heavy atom. The molecule has 1 fully saturated rings. The van der Waals surface area contributed by atoms with Gasteiger partial charge in [0.2, 0.25) is 6.79 Å². The zero-order chi connectivity index (χ0) is 15.5. The molecule has 2 aliphatic rings. The van der Waals surface area contributed by atoms with Crippen molar-refractivity contribution in [2.45, 2.75) is 45.7 Å². The third-order valence-electron chi connectivity index (χ3n) is 4.43. The molecule has 5 heteroatoms. The molecule has 120 valence electrons. The minimum atomic E-state index is -0.109. The fourth-order valence-corrected chi connectivity index (χ4v) is 3.61. The quantitative estimate of drug-likeness (QED) is 0.902. The standard InChI is InChI=1S/C17H24N2O3/c1-11-6-12(2)8-14(7-11)19-17(20)18-9-13-4-3-5-15-16(13)22-10-21-15/h3-5,11-12,14H,6-10H2,1-2H3,(H2,18,19,20). The van der Waals surface area contributed by atoms with Crippen molar-refractivity contribution in [2.75, 3.05) is 6.79 Å². The lowest BCUT2D eigenvalue weighted by molar-refractivity contribution is 0.173. The Hall–Kier alpha value is -1.91. The van der Waals surface area contributed by atoms with E-state index < -0.39 is 0 Å². The molecule has 5 nitrogen and oxygen atoms in total. The van der Waals surface area contributed by atoms with Crippen molar-refractivity contribution in [1.82, 2.24) is 10.6 Å². The second-order valence-corrected chi connectivity index (χ2v) is 6.59. The molecule has 0 aromatic heterocycles. The molecule has 2 N–H and O–H groups in total. The largest absolute Gasteiger partial charge is 0.454 e. The number of nitrogens with one attached hydrogen (secondary N) is 2. The Morgan fingerprint density at radius 1 is 1.18 bits per heavy atom. The highest BCUT2D eigenvalue weighted by Gasteiger charge is 2.25. The number of carbonyl (C=O) groups is 1. The minimum absolute atomic E-state index is 0.109. The smallest absolute Gasteiger partial charge is 0.315 e. The minimum Gasteiger partial charge on any atom is -0.454 e. The topological polar surface area (TPSA) is 59.6 Å². The van der Waals surface area contributed by atoms with Crippen LogP contribution in [0.2, 0.25) is 0 Å². The van der Waals surface area contributed by atoms with Gasteiger partial charge in [-0.05, 0) is 37.2 Å². The summed E-state index contributed by atoms with van der Waals surface area (Å²) < 4.78 is 10.8. The van der Waals surface area contributed by atoms with Gasteiger partial charge >= 0.3 is 6.03 Å². The number of amides is 2. The maximum Gasteiger partial charge on any atom is 0.315 e. The van der Waals surface area contributed by atoms with Crippen LogP contribution in [0.1, 0.15) is 38.7 Å². The Labute approximate surface area is 131 Å². The molecule has 2 unspecified atom stereocenters. The van der Waals surface area contributed by atoms with E-state index in [0.717, 1.165) is 29.9 Å². The molecule has 1 aromatic carbocycles. The third kappa shape index (κ3) is 3.46. The van der Waals surface area contributed by atoms with Crippen LogP contribution in [0.15, 0.2) is 18.2 Å². The Kier molecular flexibility index (Phi) is 4.41. The van der Waals surface area contributed by atoms with Gasteiger partial charge in [-0.3, -0.25) is 0 Å². The summed E-state index contributed by atoms with van der Waals surface area (Å²) in [4.78, 5) is 12.1. The lowest BCUT2D eigenvalue weighted by Crippen LogP contribution is -2.44. The van der Waals surface area contributed by atoms with Crippen molar-refractivity contribution in [3.05, 3.63) is 23.8 Å². The van der Waals surface area contributed by atoms with Gasteiger partial charge < -0.3 is 20.1 Å². The van der Waals surface area contributed by atoms with Crippen molar-refractivity contribution >= 4 is 6.03 Å². The lowest BCUT2D eigenvalue weighted by Gasteiger charge is -2.31. The monoisotopic (exact) mass is 304 g/mol. The van der Waals surface area contributed by atoms with Crippen LogP contribution in [-0.4, -0.2) is 18.9 Å². The summed E-state index contributed by atoms with van der Waals surface area (Å²) in [7, 11) is 0. The second kappa shape index (κ2) is 6.46. The Bertz CT molecular complexity index is 537. The predicted molar refractivity (Wildman–Crippen MR) is 83.9 cm³/mol. The number of hydrogen-bond acceptors (Lipinski definition) is 3. The highest BCUT2D eigenvalue weighted by atomic mass is 16.7. The molecule has 1 aromatic rings. The first kappa shape index (κ1) is 15.0. The van der Waals surface area contributed by atoms with Crippen LogP contribution >= 0.6 is 0 Å². The summed E-state index contributed by atoms with van der Waals surface area (Å²) in [5.41, 5.74) is 0.940. The molecule has 0 bridgehead atoms. The molecular weight excluding hydrogens is 280 g/mol. The third-order valence-corrected chi connectivity index (χ3v) is 4.43. The molecule has 0 spiro atoms. The van der Waals surface area contributed by atoms with Crippen molar-refractivity contribution in [2.24, 2.45) is 11.8 Å². The lowest BCUT2D eigenvalue weighted by atomic mass is 9.80. The van der Waals surface area contributed by atoms with E-state index in [1.54, 1.807) is 0 Å². The van der Waals surface area contributed by atoms with Crippen LogP contribution in [0.4, 0.5) is 4.79 Å². The van der Waals surface area contributed by atoms with Gasteiger partial charge in [-0.2, -0.15) is 0 Å². The van der Waals surface area contributed by atoms with Crippen molar-refractivity contribution in [3.63, 3.8) is 0 Å². The molecule has 1 aliphatic carbocycles. The van der Waals surface area contributed by atoms with E-state index in [1.807, 2.05) is 18.2 Å². The number of hydrogen-bond donors (Lipinski definition) is 2. The van der Waals surface area contributed by atoms with Crippen molar-refractivity contribution in [3.8, 4) is 11.5 Å².